The molecule has 5 heteroatoms. The van der Waals surface area contributed by atoms with Gasteiger partial charge < -0.3 is 20.5 Å². The van der Waals surface area contributed by atoms with Crippen molar-refractivity contribution in [3.8, 4) is 0 Å². The van der Waals surface area contributed by atoms with Gasteiger partial charge in [-0.05, 0) is 37.7 Å². The van der Waals surface area contributed by atoms with Crippen LogP contribution in [0.5, 0.6) is 0 Å². The van der Waals surface area contributed by atoms with Gasteiger partial charge >= 0.3 is 6.03 Å². The lowest BCUT2D eigenvalue weighted by Gasteiger charge is -2.38. The molecule has 2 aliphatic rings. The molecule has 3 rings (SSSR count). The average molecular weight is 332 g/mol. The Hall–Kier alpha value is -1.59. The predicted molar refractivity (Wildman–Crippen MR) is 92.9 cm³/mol. The fourth-order valence-corrected chi connectivity index (χ4v) is 3.99. The summed E-state index contributed by atoms with van der Waals surface area (Å²) in [6.45, 7) is 0.651. The molecule has 0 radical (unpaired) electrons. The molecular weight excluding hydrogens is 304 g/mol. The monoisotopic (exact) mass is 332 g/mol. The summed E-state index contributed by atoms with van der Waals surface area (Å²) in [7, 11) is 0. The minimum Gasteiger partial charge on any atom is -0.394 e. The minimum atomic E-state index is -0.271. The van der Waals surface area contributed by atoms with E-state index in [9.17, 15) is 9.90 Å². The number of benzene rings is 1. The zero-order valence-corrected chi connectivity index (χ0v) is 14.2. The quantitative estimate of drug-likeness (QED) is 0.775. The van der Waals surface area contributed by atoms with E-state index in [1.807, 2.05) is 30.3 Å². The van der Waals surface area contributed by atoms with Crippen molar-refractivity contribution in [1.29, 1.82) is 0 Å². The third-order valence-electron chi connectivity index (χ3n) is 5.22. The summed E-state index contributed by atoms with van der Waals surface area (Å²) in [5.74, 6) is 0. The number of carbonyl (C=O) groups is 1. The zero-order valence-electron chi connectivity index (χ0n) is 14.2. The van der Waals surface area contributed by atoms with E-state index in [0.29, 0.717) is 6.42 Å². The number of nitrogens with one attached hydrogen (secondary N) is 2. The van der Waals surface area contributed by atoms with Crippen LogP contribution in [0.25, 0.3) is 0 Å². The Balaban J connectivity index is 1.48. The van der Waals surface area contributed by atoms with Gasteiger partial charge in [-0.3, -0.25) is 0 Å². The summed E-state index contributed by atoms with van der Waals surface area (Å²) in [6.07, 6.45) is 7.06. The van der Waals surface area contributed by atoms with Gasteiger partial charge in [0.15, 0.2) is 0 Å². The molecule has 2 atom stereocenters. The molecule has 2 fully saturated rings. The number of hydrogen-bond acceptors (Lipinski definition) is 3. The molecule has 0 bridgehead atoms. The van der Waals surface area contributed by atoms with Crippen LogP contribution in [0.15, 0.2) is 30.3 Å². The van der Waals surface area contributed by atoms with Crippen molar-refractivity contribution in [2.24, 2.45) is 0 Å². The van der Waals surface area contributed by atoms with Gasteiger partial charge in [-0.2, -0.15) is 0 Å². The summed E-state index contributed by atoms with van der Waals surface area (Å²) < 4.78 is 6.01. The van der Waals surface area contributed by atoms with Gasteiger partial charge in [-0.25, -0.2) is 4.79 Å². The first-order valence-electron chi connectivity index (χ1n) is 9.05. The van der Waals surface area contributed by atoms with Crippen molar-refractivity contribution in [2.75, 3.05) is 13.2 Å². The van der Waals surface area contributed by atoms with Crippen molar-refractivity contribution in [2.45, 2.75) is 62.6 Å². The summed E-state index contributed by atoms with van der Waals surface area (Å²) in [5, 5.41) is 15.5. The van der Waals surface area contributed by atoms with Crippen molar-refractivity contribution >= 4 is 6.03 Å². The summed E-state index contributed by atoms with van der Waals surface area (Å²) >= 11 is 0. The number of amides is 2. The lowest BCUT2D eigenvalue weighted by atomic mass is 9.89. The number of rotatable bonds is 5. The average Bonchev–Trinajstić information content (AvgIpc) is 3.02. The zero-order chi connectivity index (χ0) is 16.8. The normalized spacial score (nSPS) is 23.8. The van der Waals surface area contributed by atoms with Gasteiger partial charge in [-0.15, -0.1) is 0 Å². The molecule has 1 heterocycles. The summed E-state index contributed by atoms with van der Waals surface area (Å²) in [4.78, 5) is 12.3. The van der Waals surface area contributed by atoms with Crippen molar-refractivity contribution in [3.63, 3.8) is 0 Å². The summed E-state index contributed by atoms with van der Waals surface area (Å²) in [5.41, 5.74) is 1.10. The second-order valence-corrected chi connectivity index (χ2v) is 7.12. The molecule has 0 aromatic heterocycles. The van der Waals surface area contributed by atoms with Gasteiger partial charge in [0.25, 0.3) is 0 Å². The van der Waals surface area contributed by atoms with E-state index in [-0.39, 0.29) is 30.3 Å². The Kier molecular flexibility index (Phi) is 5.74. The first-order valence-corrected chi connectivity index (χ1v) is 9.05. The van der Waals surface area contributed by atoms with Gasteiger partial charge in [0.1, 0.15) is 0 Å². The lowest BCUT2D eigenvalue weighted by Crippen LogP contribution is -2.52. The van der Waals surface area contributed by atoms with Gasteiger partial charge in [-0.1, -0.05) is 43.2 Å². The van der Waals surface area contributed by atoms with E-state index >= 15 is 0 Å². The second kappa shape index (κ2) is 7.99. The van der Waals surface area contributed by atoms with Crippen LogP contribution in [-0.4, -0.2) is 42.0 Å². The Morgan fingerprint density at radius 3 is 2.75 bits per heavy atom. The molecule has 1 aromatic carbocycles. The number of aliphatic hydroxyl groups excluding tert-OH is 1. The van der Waals surface area contributed by atoms with Gasteiger partial charge in [0.2, 0.25) is 0 Å². The number of ether oxygens (including phenoxy) is 1. The minimum absolute atomic E-state index is 0.00336. The molecule has 1 saturated heterocycles. The Morgan fingerprint density at radius 2 is 2.04 bits per heavy atom. The van der Waals surface area contributed by atoms with E-state index in [0.717, 1.165) is 37.9 Å². The van der Waals surface area contributed by atoms with E-state index in [1.165, 1.54) is 12.8 Å². The molecule has 1 aromatic rings. The standard InChI is InChI=1S/C19H28N2O3/c22-14-17(12-15-6-2-1-3-7-15)21-18(23)20-16-8-11-24-19(13-16)9-4-5-10-19/h1-3,6-7,16-17,22H,4-5,8-14H2,(H2,20,21,23)/t16-,17+/m1/s1. The molecule has 2 amide bonds. The van der Waals surface area contributed by atoms with Crippen LogP contribution in [0.3, 0.4) is 0 Å². The van der Waals surface area contributed by atoms with Crippen LogP contribution in [0.2, 0.25) is 0 Å². The third kappa shape index (κ3) is 4.48. The topological polar surface area (TPSA) is 70.6 Å². The fourth-order valence-electron chi connectivity index (χ4n) is 3.99. The Bertz CT molecular complexity index is 529. The molecule has 132 valence electrons. The highest BCUT2D eigenvalue weighted by Crippen LogP contribution is 2.39. The van der Waals surface area contributed by atoms with Crippen LogP contribution in [0, 0.1) is 0 Å². The fraction of sp³-hybridized carbons (Fsp3) is 0.632. The maximum atomic E-state index is 12.3. The van der Waals surface area contributed by atoms with Crippen molar-refractivity contribution in [3.05, 3.63) is 35.9 Å². The number of hydrogen-bond donors (Lipinski definition) is 3. The largest absolute Gasteiger partial charge is 0.394 e. The Labute approximate surface area is 143 Å². The number of carbonyl (C=O) groups excluding carboxylic acids is 1. The van der Waals surface area contributed by atoms with Gasteiger partial charge in [0, 0.05) is 12.6 Å². The summed E-state index contributed by atoms with van der Waals surface area (Å²) in [6, 6.07) is 9.60. The number of urea groups is 1. The molecule has 1 saturated carbocycles. The first kappa shape index (κ1) is 17.2. The molecule has 3 N–H and O–H groups in total. The third-order valence-corrected chi connectivity index (χ3v) is 5.22. The number of aliphatic hydroxyl groups is 1. The molecule has 1 aliphatic carbocycles. The highest BCUT2D eigenvalue weighted by molar-refractivity contribution is 5.74. The molecular formula is C19H28N2O3. The van der Waals surface area contributed by atoms with Gasteiger partial charge in [0.05, 0.1) is 18.2 Å². The molecule has 1 spiro atoms. The highest BCUT2D eigenvalue weighted by atomic mass is 16.5. The lowest BCUT2D eigenvalue weighted by molar-refractivity contribution is -0.0820. The first-order chi connectivity index (χ1) is 11.7. The maximum absolute atomic E-state index is 12.3. The molecule has 0 unspecified atom stereocenters. The van der Waals surface area contributed by atoms with Crippen LogP contribution < -0.4 is 10.6 Å². The second-order valence-electron chi connectivity index (χ2n) is 7.12. The molecule has 5 nitrogen and oxygen atoms in total. The van der Waals surface area contributed by atoms with Crippen LogP contribution >= 0.6 is 0 Å². The molecule has 1 aliphatic heterocycles. The van der Waals surface area contributed by atoms with E-state index in [2.05, 4.69) is 10.6 Å². The maximum Gasteiger partial charge on any atom is 0.315 e. The highest BCUT2D eigenvalue weighted by Gasteiger charge is 2.40. The predicted octanol–water partition coefficient (Wildman–Crippen LogP) is 2.38. The van der Waals surface area contributed by atoms with Crippen LogP contribution in [0.4, 0.5) is 4.79 Å². The van der Waals surface area contributed by atoms with Crippen molar-refractivity contribution < 1.29 is 14.6 Å². The van der Waals surface area contributed by atoms with E-state index in [1.54, 1.807) is 0 Å². The van der Waals surface area contributed by atoms with E-state index < -0.39 is 0 Å². The smallest absolute Gasteiger partial charge is 0.315 e. The SMILES string of the molecule is O=C(N[C@H](CO)Cc1ccccc1)N[C@@H]1CCOC2(CCCC2)C1. The van der Waals surface area contributed by atoms with Crippen LogP contribution in [0.1, 0.15) is 44.1 Å². The van der Waals surface area contributed by atoms with Crippen LogP contribution in [-0.2, 0) is 11.2 Å². The Morgan fingerprint density at radius 1 is 1.29 bits per heavy atom. The van der Waals surface area contributed by atoms with Crippen molar-refractivity contribution in [1.82, 2.24) is 10.6 Å². The molecule has 24 heavy (non-hydrogen) atoms. The van der Waals surface area contributed by atoms with E-state index in [4.69, 9.17) is 4.74 Å².